The maximum Gasteiger partial charge on any atom is 0.234 e. The molecule has 0 N–H and O–H groups in total. The molecule has 32 heavy (non-hydrogen) atoms. The van der Waals surface area contributed by atoms with Crippen LogP contribution < -0.4 is 0 Å². The van der Waals surface area contributed by atoms with E-state index >= 15 is 0 Å². The molecule has 6 aromatic rings. The first-order valence-electron chi connectivity index (χ1n) is 10.4. The molecular weight excluding hydrogens is 396 g/mol. The molecule has 0 bridgehead atoms. The van der Waals surface area contributed by atoms with Crippen LogP contribution in [0.1, 0.15) is 11.4 Å². The quantitative estimate of drug-likeness (QED) is 0.377. The van der Waals surface area contributed by atoms with Gasteiger partial charge in [-0.1, -0.05) is 60.7 Å². The number of benzene rings is 2. The zero-order valence-corrected chi connectivity index (χ0v) is 17.9. The molecule has 0 aliphatic carbocycles. The molecule has 4 heterocycles. The minimum absolute atomic E-state index is 0.749. The number of fused-ring (bicyclic) bond motifs is 2. The van der Waals surface area contributed by atoms with Gasteiger partial charge in [0, 0.05) is 41.6 Å². The average Bonchev–Trinajstić information content (AvgIpc) is 3.37. The highest BCUT2D eigenvalue weighted by Crippen LogP contribution is 2.24. The molecule has 0 amide bonds. The van der Waals surface area contributed by atoms with Crippen LogP contribution in [-0.2, 0) is 0 Å². The number of aromatic nitrogens is 6. The molecule has 0 saturated carbocycles. The molecule has 2 aromatic carbocycles. The number of imidazole rings is 2. The van der Waals surface area contributed by atoms with Crippen molar-refractivity contribution in [2.75, 3.05) is 0 Å². The van der Waals surface area contributed by atoms with Crippen molar-refractivity contribution in [2.24, 2.45) is 0 Å². The Morgan fingerprint density at radius 2 is 1.16 bits per heavy atom. The van der Waals surface area contributed by atoms with E-state index in [0.29, 0.717) is 0 Å². The van der Waals surface area contributed by atoms with Gasteiger partial charge in [0.2, 0.25) is 11.6 Å². The Bertz CT molecular complexity index is 1480. The summed E-state index contributed by atoms with van der Waals surface area (Å²) in [5, 5.41) is 0. The lowest BCUT2D eigenvalue weighted by Crippen LogP contribution is -1.89. The number of rotatable bonds is 2. The van der Waals surface area contributed by atoms with Gasteiger partial charge in [0.15, 0.2) is 0 Å². The molecule has 6 rings (SSSR count). The van der Waals surface area contributed by atoms with Crippen LogP contribution in [0.15, 0.2) is 97.6 Å². The second-order valence-electron chi connectivity index (χ2n) is 7.40. The maximum atomic E-state index is 4.53. The zero-order valence-electron chi connectivity index (χ0n) is 17.9. The van der Waals surface area contributed by atoms with Crippen LogP contribution in [0, 0.1) is 13.8 Å². The summed E-state index contributed by atoms with van der Waals surface area (Å²) in [6.07, 6.45) is 7.49. The highest BCUT2D eigenvalue weighted by Gasteiger charge is 2.10. The Morgan fingerprint density at radius 3 is 1.78 bits per heavy atom. The minimum Gasteiger partial charge on any atom is -0.288 e. The molecule has 0 saturated heterocycles. The van der Waals surface area contributed by atoms with Crippen molar-refractivity contribution in [1.29, 1.82) is 0 Å². The van der Waals surface area contributed by atoms with Gasteiger partial charge in [-0.05, 0) is 26.0 Å². The Hall–Kier alpha value is -4.32. The average molecular weight is 419 g/mol. The number of aryl methyl sites for hydroxylation is 2. The Labute approximate surface area is 185 Å². The Kier molecular flexibility index (Phi) is 5.17. The monoisotopic (exact) mass is 418 g/mol. The maximum absolute atomic E-state index is 4.53. The first-order chi connectivity index (χ1) is 15.7. The molecule has 0 spiro atoms. The van der Waals surface area contributed by atoms with E-state index in [4.69, 9.17) is 0 Å². The van der Waals surface area contributed by atoms with Crippen LogP contribution in [0.2, 0.25) is 0 Å². The molecule has 0 aliphatic heterocycles. The van der Waals surface area contributed by atoms with Crippen LogP contribution in [0.25, 0.3) is 34.1 Å². The standard InChI is InChI=1S/2C13H11N3/c1-10-12(11-6-3-2-4-7-11)15-13-14-8-5-9-16(10)13;1-10-12(11-6-3-2-4-7-11)16-9-5-8-14-13(16)15-10/h2*2-9H,1H3. The molecule has 6 nitrogen and oxygen atoms in total. The van der Waals surface area contributed by atoms with Crippen molar-refractivity contribution < 1.29 is 0 Å². The Morgan fingerprint density at radius 1 is 0.594 bits per heavy atom. The largest absolute Gasteiger partial charge is 0.288 e. The smallest absolute Gasteiger partial charge is 0.234 e. The van der Waals surface area contributed by atoms with Crippen LogP contribution in [0.5, 0.6) is 0 Å². The number of hydrogen-bond acceptors (Lipinski definition) is 4. The SMILES string of the molecule is Cc1c(-c2ccccc2)nc2ncccn12.Cc1nc2ncccn2c1-c1ccccc1. The van der Waals surface area contributed by atoms with E-state index in [0.717, 1.165) is 39.9 Å². The van der Waals surface area contributed by atoms with Gasteiger partial charge < -0.3 is 0 Å². The third-order valence-electron chi connectivity index (χ3n) is 5.31. The summed E-state index contributed by atoms with van der Waals surface area (Å²) in [7, 11) is 0. The van der Waals surface area contributed by atoms with E-state index in [9.17, 15) is 0 Å². The van der Waals surface area contributed by atoms with E-state index in [1.807, 2.05) is 76.6 Å². The van der Waals surface area contributed by atoms with Gasteiger partial charge in [-0.25, -0.2) is 19.9 Å². The molecule has 0 fully saturated rings. The summed E-state index contributed by atoms with van der Waals surface area (Å²) in [5.41, 5.74) is 6.54. The summed E-state index contributed by atoms with van der Waals surface area (Å²) in [6.45, 7) is 4.07. The van der Waals surface area contributed by atoms with Crippen LogP contribution in [-0.4, -0.2) is 28.7 Å². The third-order valence-corrected chi connectivity index (χ3v) is 5.31. The normalized spacial score (nSPS) is 10.8. The first-order valence-corrected chi connectivity index (χ1v) is 10.4. The lowest BCUT2D eigenvalue weighted by molar-refractivity contribution is 1.06. The van der Waals surface area contributed by atoms with E-state index in [1.54, 1.807) is 12.4 Å². The minimum atomic E-state index is 0.749. The summed E-state index contributed by atoms with van der Waals surface area (Å²) < 4.78 is 4.02. The van der Waals surface area contributed by atoms with Gasteiger partial charge in [-0.2, -0.15) is 0 Å². The second kappa shape index (κ2) is 8.43. The fourth-order valence-corrected chi connectivity index (χ4v) is 3.81. The van der Waals surface area contributed by atoms with Gasteiger partial charge in [0.1, 0.15) is 0 Å². The molecule has 4 aromatic heterocycles. The van der Waals surface area contributed by atoms with Gasteiger partial charge in [-0.3, -0.25) is 8.80 Å². The van der Waals surface area contributed by atoms with E-state index in [2.05, 4.69) is 51.1 Å². The number of nitrogens with zero attached hydrogens (tertiary/aromatic N) is 6. The molecular formula is C26H22N6. The van der Waals surface area contributed by atoms with Gasteiger partial charge in [0.05, 0.1) is 17.1 Å². The zero-order chi connectivity index (χ0) is 21.9. The van der Waals surface area contributed by atoms with Crippen molar-refractivity contribution in [3.8, 4) is 22.5 Å². The van der Waals surface area contributed by atoms with Crippen molar-refractivity contribution in [3.63, 3.8) is 0 Å². The van der Waals surface area contributed by atoms with E-state index < -0.39 is 0 Å². The van der Waals surface area contributed by atoms with Crippen LogP contribution >= 0.6 is 0 Å². The third kappa shape index (κ3) is 3.63. The predicted molar refractivity (Wildman–Crippen MR) is 126 cm³/mol. The highest BCUT2D eigenvalue weighted by molar-refractivity contribution is 5.66. The van der Waals surface area contributed by atoms with Crippen molar-refractivity contribution in [2.45, 2.75) is 13.8 Å². The summed E-state index contributed by atoms with van der Waals surface area (Å²) >= 11 is 0. The molecule has 0 atom stereocenters. The second-order valence-corrected chi connectivity index (χ2v) is 7.40. The van der Waals surface area contributed by atoms with E-state index in [1.165, 1.54) is 5.56 Å². The predicted octanol–water partition coefficient (Wildman–Crippen LogP) is 5.41. The molecule has 156 valence electrons. The summed E-state index contributed by atoms with van der Waals surface area (Å²) in [4.78, 5) is 17.5. The lowest BCUT2D eigenvalue weighted by Gasteiger charge is -2.01. The highest BCUT2D eigenvalue weighted by atomic mass is 15.1. The molecule has 0 radical (unpaired) electrons. The Balaban J connectivity index is 0.000000135. The van der Waals surface area contributed by atoms with Crippen LogP contribution in [0.3, 0.4) is 0 Å². The molecule has 0 aliphatic rings. The van der Waals surface area contributed by atoms with Crippen molar-refractivity contribution in [3.05, 3.63) is 109 Å². The topological polar surface area (TPSA) is 60.4 Å². The lowest BCUT2D eigenvalue weighted by atomic mass is 10.1. The molecule has 6 heteroatoms. The summed E-state index contributed by atoms with van der Waals surface area (Å²) in [6, 6.07) is 24.3. The van der Waals surface area contributed by atoms with Gasteiger partial charge in [0.25, 0.3) is 0 Å². The van der Waals surface area contributed by atoms with Crippen LogP contribution in [0.4, 0.5) is 0 Å². The molecule has 0 unspecified atom stereocenters. The first kappa shape index (κ1) is 19.6. The van der Waals surface area contributed by atoms with Crippen molar-refractivity contribution >= 4 is 11.6 Å². The fraction of sp³-hybridized carbons (Fsp3) is 0.0769. The summed E-state index contributed by atoms with van der Waals surface area (Å²) in [5.74, 6) is 1.50. The van der Waals surface area contributed by atoms with Gasteiger partial charge >= 0.3 is 0 Å². The van der Waals surface area contributed by atoms with Gasteiger partial charge in [-0.15, -0.1) is 0 Å². The van der Waals surface area contributed by atoms with Crippen molar-refractivity contribution in [1.82, 2.24) is 28.7 Å². The fourth-order valence-electron chi connectivity index (χ4n) is 3.81. The van der Waals surface area contributed by atoms with E-state index in [-0.39, 0.29) is 0 Å². The number of hydrogen-bond donors (Lipinski definition) is 0.